The van der Waals surface area contributed by atoms with Crippen molar-refractivity contribution < 1.29 is 0 Å². The summed E-state index contributed by atoms with van der Waals surface area (Å²) in [5.41, 5.74) is 7.20. The fourth-order valence-corrected chi connectivity index (χ4v) is 2.92. The van der Waals surface area contributed by atoms with Crippen molar-refractivity contribution in [1.29, 1.82) is 5.41 Å². The number of rotatable bonds is 5. The number of aromatic nitrogens is 2. The van der Waals surface area contributed by atoms with E-state index in [1.807, 2.05) is 18.7 Å². The number of hydrogen-bond acceptors (Lipinski definition) is 3. The van der Waals surface area contributed by atoms with Crippen LogP contribution in [0.3, 0.4) is 0 Å². The largest absolute Gasteiger partial charge is 0.384 e. The van der Waals surface area contributed by atoms with E-state index in [-0.39, 0.29) is 5.84 Å². The summed E-state index contributed by atoms with van der Waals surface area (Å²) >= 11 is 1.73. The van der Waals surface area contributed by atoms with Crippen molar-refractivity contribution in [2.24, 2.45) is 18.7 Å². The Labute approximate surface area is 101 Å². The Morgan fingerprint density at radius 2 is 2.19 bits per heavy atom. The van der Waals surface area contributed by atoms with E-state index in [1.54, 1.807) is 11.8 Å². The molecule has 0 amide bonds. The highest BCUT2D eigenvalue weighted by molar-refractivity contribution is 7.99. The van der Waals surface area contributed by atoms with Gasteiger partial charge in [0.05, 0.1) is 11.3 Å². The maximum Gasteiger partial charge on any atom is 0.127 e. The van der Waals surface area contributed by atoms with Gasteiger partial charge >= 0.3 is 0 Å². The first-order valence-electron chi connectivity index (χ1n) is 5.44. The second kappa shape index (κ2) is 5.39. The average molecular weight is 240 g/mol. The molecule has 3 N–H and O–H groups in total. The van der Waals surface area contributed by atoms with Crippen molar-refractivity contribution in [3.05, 3.63) is 11.3 Å². The lowest BCUT2D eigenvalue weighted by atomic mass is 10.2. The van der Waals surface area contributed by atoms with E-state index >= 15 is 0 Å². The number of hydrogen-bond donors (Lipinski definition) is 2. The first-order chi connectivity index (χ1) is 7.43. The molecule has 1 aromatic heterocycles. The molecule has 0 aliphatic carbocycles. The Balaban J connectivity index is 2.82. The monoisotopic (exact) mass is 240 g/mol. The minimum atomic E-state index is 0.109. The average Bonchev–Trinajstić information content (AvgIpc) is 2.40. The van der Waals surface area contributed by atoms with E-state index in [2.05, 4.69) is 18.9 Å². The predicted molar refractivity (Wildman–Crippen MR) is 69.1 cm³/mol. The number of aryl methyl sites for hydroxylation is 2. The number of thioether (sulfide) groups is 1. The number of nitrogen functional groups attached to an aromatic ring is 1. The lowest BCUT2D eigenvalue weighted by molar-refractivity contribution is 0.630. The van der Waals surface area contributed by atoms with Gasteiger partial charge in [-0.05, 0) is 25.0 Å². The summed E-state index contributed by atoms with van der Waals surface area (Å²) in [7, 11) is 1.90. The Bertz CT molecular complexity index is 382. The lowest BCUT2D eigenvalue weighted by Gasteiger charge is -2.06. The fourth-order valence-electron chi connectivity index (χ4n) is 1.50. The minimum absolute atomic E-state index is 0.109. The molecule has 4 nitrogen and oxygen atoms in total. The first-order valence-corrected chi connectivity index (χ1v) is 6.42. The third-order valence-corrected chi connectivity index (χ3v) is 3.55. The number of amidine groups is 1. The highest BCUT2D eigenvalue weighted by Crippen LogP contribution is 2.25. The molecule has 0 aliphatic heterocycles. The van der Waals surface area contributed by atoms with E-state index < -0.39 is 0 Å². The van der Waals surface area contributed by atoms with Gasteiger partial charge in [-0.25, -0.2) is 0 Å². The molecule has 0 fully saturated rings. The van der Waals surface area contributed by atoms with E-state index in [0.29, 0.717) is 5.92 Å². The number of nitrogens with two attached hydrogens (primary N) is 1. The molecule has 90 valence electrons. The lowest BCUT2D eigenvalue weighted by Crippen LogP contribution is -2.13. The molecule has 0 aromatic carbocycles. The minimum Gasteiger partial charge on any atom is -0.384 e. The zero-order chi connectivity index (χ0) is 12.3. The predicted octanol–water partition coefficient (Wildman–Crippen LogP) is 2.15. The first kappa shape index (κ1) is 13.1. The zero-order valence-electron chi connectivity index (χ0n) is 10.4. The van der Waals surface area contributed by atoms with Gasteiger partial charge in [-0.3, -0.25) is 10.1 Å². The summed E-state index contributed by atoms with van der Waals surface area (Å²) in [5, 5.41) is 12.9. The van der Waals surface area contributed by atoms with Crippen LogP contribution in [0.5, 0.6) is 0 Å². The van der Waals surface area contributed by atoms with Gasteiger partial charge < -0.3 is 5.73 Å². The molecule has 0 saturated carbocycles. The molecule has 1 aromatic rings. The zero-order valence-corrected chi connectivity index (χ0v) is 11.2. The van der Waals surface area contributed by atoms with E-state index in [1.165, 1.54) is 0 Å². The second-order valence-electron chi connectivity index (χ2n) is 4.33. The normalized spacial score (nSPS) is 11.1. The van der Waals surface area contributed by atoms with Crippen molar-refractivity contribution in [2.75, 3.05) is 5.75 Å². The van der Waals surface area contributed by atoms with Crippen LogP contribution in [0.4, 0.5) is 0 Å². The number of nitrogens with one attached hydrogen (secondary N) is 1. The second-order valence-corrected chi connectivity index (χ2v) is 5.42. The van der Waals surface area contributed by atoms with Crippen LogP contribution >= 0.6 is 11.8 Å². The molecule has 0 radical (unpaired) electrons. The summed E-state index contributed by atoms with van der Waals surface area (Å²) in [6, 6.07) is 0. The quantitative estimate of drug-likeness (QED) is 0.471. The van der Waals surface area contributed by atoms with Crippen molar-refractivity contribution in [3.8, 4) is 0 Å². The van der Waals surface area contributed by atoms with E-state index in [9.17, 15) is 0 Å². The smallest absolute Gasteiger partial charge is 0.127 e. The molecule has 5 heteroatoms. The summed E-state index contributed by atoms with van der Waals surface area (Å²) < 4.78 is 1.82. The van der Waals surface area contributed by atoms with Gasteiger partial charge in [-0.15, -0.1) is 11.8 Å². The van der Waals surface area contributed by atoms with Gasteiger partial charge in [-0.1, -0.05) is 13.8 Å². The molecule has 0 atom stereocenters. The van der Waals surface area contributed by atoms with Crippen LogP contribution in [-0.2, 0) is 7.05 Å². The van der Waals surface area contributed by atoms with Gasteiger partial charge in [0.2, 0.25) is 0 Å². The van der Waals surface area contributed by atoms with E-state index in [4.69, 9.17) is 11.1 Å². The van der Waals surface area contributed by atoms with Crippen molar-refractivity contribution in [2.45, 2.75) is 32.2 Å². The number of nitrogens with zero attached hydrogens (tertiary/aromatic N) is 2. The Hall–Kier alpha value is -0.970. The summed E-state index contributed by atoms with van der Waals surface area (Å²) in [4.78, 5) is 0. The third kappa shape index (κ3) is 3.01. The Morgan fingerprint density at radius 3 is 2.69 bits per heavy atom. The standard InChI is InChI=1S/C11H20N4S/c1-7(2)5-6-16-11-9(10(12)13)8(3)14-15(11)4/h7H,5-6H2,1-4H3,(H3,12,13). The van der Waals surface area contributed by atoms with Crippen LogP contribution in [0.25, 0.3) is 0 Å². The topological polar surface area (TPSA) is 67.7 Å². The van der Waals surface area contributed by atoms with Gasteiger partial charge in [0, 0.05) is 7.05 Å². The van der Waals surface area contributed by atoms with Gasteiger partial charge in [0.25, 0.3) is 0 Å². The SMILES string of the molecule is Cc1nn(C)c(SCCC(C)C)c1C(=N)N. The van der Waals surface area contributed by atoms with Crippen LogP contribution in [0.1, 0.15) is 31.5 Å². The maximum absolute atomic E-state index is 7.56. The molecule has 0 spiro atoms. The summed E-state index contributed by atoms with van der Waals surface area (Å²) in [6.45, 7) is 6.31. The van der Waals surface area contributed by atoms with Gasteiger partial charge in [0.1, 0.15) is 10.9 Å². The molecular formula is C11H20N4S. The third-order valence-electron chi connectivity index (χ3n) is 2.37. The molecule has 1 heterocycles. The molecule has 0 unspecified atom stereocenters. The highest BCUT2D eigenvalue weighted by atomic mass is 32.2. The van der Waals surface area contributed by atoms with Crippen molar-refractivity contribution in [1.82, 2.24) is 9.78 Å². The van der Waals surface area contributed by atoms with Crippen molar-refractivity contribution in [3.63, 3.8) is 0 Å². The van der Waals surface area contributed by atoms with Crippen LogP contribution < -0.4 is 5.73 Å². The van der Waals surface area contributed by atoms with E-state index in [0.717, 1.165) is 28.5 Å². The summed E-state index contributed by atoms with van der Waals surface area (Å²) in [6.07, 6.45) is 1.16. The van der Waals surface area contributed by atoms with Gasteiger partial charge in [0.15, 0.2) is 0 Å². The Morgan fingerprint density at radius 1 is 1.56 bits per heavy atom. The molecule has 16 heavy (non-hydrogen) atoms. The molecular weight excluding hydrogens is 220 g/mol. The molecule has 0 bridgehead atoms. The van der Waals surface area contributed by atoms with Crippen LogP contribution in [-0.4, -0.2) is 21.4 Å². The van der Waals surface area contributed by atoms with Crippen LogP contribution in [0.15, 0.2) is 5.03 Å². The fraction of sp³-hybridized carbons (Fsp3) is 0.636. The Kier molecular flexibility index (Phi) is 4.41. The highest BCUT2D eigenvalue weighted by Gasteiger charge is 2.15. The molecule has 0 saturated heterocycles. The van der Waals surface area contributed by atoms with Crippen molar-refractivity contribution >= 4 is 17.6 Å². The summed E-state index contributed by atoms with van der Waals surface area (Å²) in [5.74, 6) is 1.84. The molecule has 1 rings (SSSR count). The van der Waals surface area contributed by atoms with Crippen LogP contribution in [0, 0.1) is 18.3 Å². The van der Waals surface area contributed by atoms with Gasteiger partial charge in [-0.2, -0.15) is 5.10 Å². The molecule has 0 aliphatic rings. The maximum atomic E-state index is 7.56. The van der Waals surface area contributed by atoms with Crippen LogP contribution in [0.2, 0.25) is 0 Å².